The molecule has 1 aromatic rings. The first-order valence-corrected chi connectivity index (χ1v) is 5.16. The van der Waals surface area contributed by atoms with Crippen LogP contribution in [0, 0.1) is 0 Å². The Morgan fingerprint density at radius 1 is 1.28 bits per heavy atom. The molecule has 0 aliphatic heterocycles. The summed E-state index contributed by atoms with van der Waals surface area (Å²) in [6, 6.07) is 5.45. The van der Waals surface area contributed by atoms with E-state index in [-0.39, 0.29) is 18.2 Å². The molecule has 18 heavy (non-hydrogen) atoms. The van der Waals surface area contributed by atoms with Crippen molar-refractivity contribution in [1.82, 2.24) is 10.6 Å². The van der Waals surface area contributed by atoms with Crippen LogP contribution in [0.25, 0.3) is 0 Å². The minimum absolute atomic E-state index is 0.150. The Bertz CT molecular complexity index is 390. The van der Waals surface area contributed by atoms with Gasteiger partial charge >= 0.3 is 6.36 Å². The number of alkyl halides is 3. The zero-order valence-electron chi connectivity index (χ0n) is 9.67. The molecule has 0 radical (unpaired) electrons. The quantitative estimate of drug-likeness (QED) is 0.843. The molecule has 2 N–H and O–H groups in total. The summed E-state index contributed by atoms with van der Waals surface area (Å²) < 4.78 is 39.4. The van der Waals surface area contributed by atoms with Crippen LogP contribution in [-0.4, -0.2) is 25.9 Å². The molecule has 0 atom stereocenters. The van der Waals surface area contributed by atoms with E-state index in [1.807, 2.05) is 0 Å². The van der Waals surface area contributed by atoms with Crippen molar-refractivity contribution in [3.8, 4) is 5.75 Å². The molecule has 100 valence electrons. The molecule has 0 saturated carbocycles. The number of halogens is 3. The lowest BCUT2D eigenvalue weighted by atomic mass is 10.2. The molecule has 0 bridgehead atoms. The lowest BCUT2D eigenvalue weighted by molar-refractivity contribution is -0.274. The molecule has 0 aliphatic carbocycles. The van der Waals surface area contributed by atoms with Crippen LogP contribution < -0.4 is 15.4 Å². The molecule has 0 heterocycles. The molecular weight excluding hydrogens is 249 g/mol. The second-order valence-corrected chi connectivity index (χ2v) is 3.47. The van der Waals surface area contributed by atoms with Crippen molar-refractivity contribution < 1.29 is 22.7 Å². The Morgan fingerprint density at radius 3 is 2.39 bits per heavy atom. The number of hydrogen-bond donors (Lipinski definition) is 2. The molecule has 1 rings (SSSR count). The minimum atomic E-state index is -4.68. The summed E-state index contributed by atoms with van der Waals surface area (Å²) in [5.74, 6) is -0.426. The molecule has 0 unspecified atom stereocenters. The number of benzene rings is 1. The Morgan fingerprint density at radius 2 is 1.89 bits per heavy atom. The van der Waals surface area contributed by atoms with Crippen molar-refractivity contribution in [3.05, 3.63) is 29.8 Å². The Balaban J connectivity index is 2.43. The average Bonchev–Trinajstić information content (AvgIpc) is 2.29. The minimum Gasteiger partial charge on any atom is -0.406 e. The Labute approximate surface area is 102 Å². The molecule has 0 saturated heterocycles. The number of amides is 1. The number of carbonyl (C=O) groups is 1. The van der Waals surface area contributed by atoms with E-state index in [9.17, 15) is 18.0 Å². The lowest BCUT2D eigenvalue weighted by Crippen LogP contribution is -2.30. The van der Waals surface area contributed by atoms with Crippen LogP contribution in [0.3, 0.4) is 0 Å². The maximum atomic E-state index is 11.9. The number of rotatable bonds is 5. The van der Waals surface area contributed by atoms with Crippen molar-refractivity contribution >= 4 is 5.91 Å². The highest BCUT2D eigenvalue weighted by Gasteiger charge is 2.30. The third-order valence-corrected chi connectivity index (χ3v) is 2.05. The van der Waals surface area contributed by atoms with E-state index in [4.69, 9.17) is 0 Å². The van der Waals surface area contributed by atoms with Crippen molar-refractivity contribution in [2.24, 2.45) is 0 Å². The molecule has 1 amide bonds. The monoisotopic (exact) mass is 262 g/mol. The van der Waals surface area contributed by atoms with Crippen molar-refractivity contribution in [1.29, 1.82) is 0 Å². The summed E-state index contributed by atoms with van der Waals surface area (Å²) in [7, 11) is 1.52. The fraction of sp³-hybridized carbons (Fsp3) is 0.364. The first-order valence-electron chi connectivity index (χ1n) is 5.16. The van der Waals surface area contributed by atoms with Gasteiger partial charge in [-0.25, -0.2) is 0 Å². The largest absolute Gasteiger partial charge is 0.573 e. The second kappa shape index (κ2) is 6.25. The van der Waals surface area contributed by atoms with E-state index in [0.29, 0.717) is 6.54 Å². The first-order chi connectivity index (χ1) is 8.40. The van der Waals surface area contributed by atoms with Crippen molar-refractivity contribution in [2.45, 2.75) is 12.9 Å². The topological polar surface area (TPSA) is 50.4 Å². The van der Waals surface area contributed by atoms with Crippen LogP contribution in [0.1, 0.15) is 5.56 Å². The van der Waals surface area contributed by atoms with E-state index in [1.54, 1.807) is 0 Å². The SMILES string of the molecule is CNC(=O)CNCc1ccc(OC(F)(F)F)cc1. The number of ether oxygens (including phenoxy) is 1. The summed E-state index contributed by atoms with van der Waals surface area (Å²) >= 11 is 0. The van der Waals surface area contributed by atoms with Gasteiger partial charge < -0.3 is 15.4 Å². The smallest absolute Gasteiger partial charge is 0.406 e. The lowest BCUT2D eigenvalue weighted by Gasteiger charge is -2.09. The summed E-state index contributed by atoms with van der Waals surface area (Å²) in [6.07, 6.45) is -4.68. The predicted octanol–water partition coefficient (Wildman–Crippen LogP) is 1.42. The van der Waals surface area contributed by atoms with Gasteiger partial charge in [0.2, 0.25) is 5.91 Å². The third kappa shape index (κ3) is 5.53. The number of hydrogen-bond acceptors (Lipinski definition) is 3. The van der Waals surface area contributed by atoms with Gasteiger partial charge in [0.1, 0.15) is 5.75 Å². The number of likely N-dealkylation sites (N-methyl/N-ethyl adjacent to an activating group) is 1. The molecule has 0 aromatic heterocycles. The molecule has 7 heteroatoms. The van der Waals surface area contributed by atoms with Crippen LogP contribution >= 0.6 is 0 Å². The van der Waals surface area contributed by atoms with E-state index in [2.05, 4.69) is 15.4 Å². The molecule has 4 nitrogen and oxygen atoms in total. The summed E-state index contributed by atoms with van der Waals surface area (Å²) in [5, 5.41) is 5.28. The number of nitrogens with one attached hydrogen (secondary N) is 2. The third-order valence-electron chi connectivity index (χ3n) is 2.05. The standard InChI is InChI=1S/C11H13F3N2O2/c1-15-10(17)7-16-6-8-2-4-9(5-3-8)18-11(12,13)14/h2-5,16H,6-7H2,1H3,(H,15,17). The van der Waals surface area contributed by atoms with Crippen LogP contribution in [-0.2, 0) is 11.3 Å². The van der Waals surface area contributed by atoms with Crippen molar-refractivity contribution in [2.75, 3.05) is 13.6 Å². The molecule has 1 aromatic carbocycles. The summed E-state index contributed by atoms with van der Waals surface area (Å²) in [5.41, 5.74) is 0.758. The van der Waals surface area contributed by atoms with Gasteiger partial charge in [0, 0.05) is 13.6 Å². The maximum absolute atomic E-state index is 11.9. The summed E-state index contributed by atoms with van der Waals surface area (Å²) in [6.45, 7) is 0.539. The van der Waals surface area contributed by atoms with Gasteiger partial charge in [-0.1, -0.05) is 12.1 Å². The Hall–Kier alpha value is -1.76. The second-order valence-electron chi connectivity index (χ2n) is 3.47. The van der Waals surface area contributed by atoms with Crippen LogP contribution in [0.2, 0.25) is 0 Å². The molecule has 0 aliphatic rings. The van der Waals surface area contributed by atoms with Crippen molar-refractivity contribution in [3.63, 3.8) is 0 Å². The maximum Gasteiger partial charge on any atom is 0.573 e. The van der Waals surface area contributed by atoms with Gasteiger partial charge in [-0.3, -0.25) is 4.79 Å². The number of carbonyl (C=O) groups excluding carboxylic acids is 1. The average molecular weight is 262 g/mol. The van der Waals surface area contributed by atoms with Gasteiger partial charge in [0.15, 0.2) is 0 Å². The first kappa shape index (κ1) is 14.3. The van der Waals surface area contributed by atoms with Crippen LogP contribution in [0.15, 0.2) is 24.3 Å². The zero-order valence-corrected chi connectivity index (χ0v) is 9.67. The summed E-state index contributed by atoms with van der Waals surface area (Å²) in [4.78, 5) is 10.9. The highest BCUT2D eigenvalue weighted by molar-refractivity contribution is 5.77. The van der Waals surface area contributed by atoms with E-state index >= 15 is 0 Å². The molecule has 0 fully saturated rings. The molecule has 0 spiro atoms. The van der Waals surface area contributed by atoms with E-state index < -0.39 is 6.36 Å². The van der Waals surface area contributed by atoms with Gasteiger partial charge in [-0.05, 0) is 17.7 Å². The normalized spacial score (nSPS) is 11.1. The van der Waals surface area contributed by atoms with Crippen LogP contribution in [0.4, 0.5) is 13.2 Å². The van der Waals surface area contributed by atoms with Crippen LogP contribution in [0.5, 0.6) is 5.75 Å². The fourth-order valence-electron chi connectivity index (χ4n) is 1.22. The van der Waals surface area contributed by atoms with E-state index in [0.717, 1.165) is 5.56 Å². The van der Waals surface area contributed by atoms with Gasteiger partial charge in [-0.15, -0.1) is 13.2 Å². The van der Waals surface area contributed by atoms with Gasteiger partial charge in [0.25, 0.3) is 0 Å². The molecular formula is C11H13F3N2O2. The predicted molar refractivity (Wildman–Crippen MR) is 58.9 cm³/mol. The van der Waals surface area contributed by atoms with E-state index in [1.165, 1.54) is 31.3 Å². The van der Waals surface area contributed by atoms with Gasteiger partial charge in [0.05, 0.1) is 6.54 Å². The fourth-order valence-corrected chi connectivity index (χ4v) is 1.22. The zero-order chi connectivity index (χ0) is 13.6. The Kier molecular flexibility index (Phi) is 4.96. The van der Waals surface area contributed by atoms with Gasteiger partial charge in [-0.2, -0.15) is 0 Å². The highest BCUT2D eigenvalue weighted by Crippen LogP contribution is 2.22. The highest BCUT2D eigenvalue weighted by atomic mass is 19.4.